The van der Waals surface area contributed by atoms with Crippen molar-refractivity contribution in [3.05, 3.63) is 171 Å². The zero-order valence-corrected chi connectivity index (χ0v) is 35.4. The van der Waals surface area contributed by atoms with Gasteiger partial charge in [0.1, 0.15) is 23.2 Å². The lowest BCUT2D eigenvalue weighted by Gasteiger charge is -2.43. The number of rotatable bonds is 5. The maximum Gasteiger partial charge on any atom is 0.137 e. The minimum absolute atomic E-state index is 0.0180. The summed E-state index contributed by atoms with van der Waals surface area (Å²) in [6.45, 7) is 24.9. The Morgan fingerprint density at radius 2 is 1.32 bits per heavy atom. The Labute approximate surface area is 339 Å². The number of hydrogen-bond acceptors (Lipinski definition) is 5. The Morgan fingerprint density at radius 1 is 0.649 bits per heavy atom. The highest BCUT2D eigenvalue weighted by molar-refractivity contribution is 6.14. The van der Waals surface area contributed by atoms with Gasteiger partial charge in [-0.3, -0.25) is 9.89 Å². The Morgan fingerprint density at radius 3 is 2.05 bits per heavy atom. The van der Waals surface area contributed by atoms with Gasteiger partial charge in [0.15, 0.2) is 0 Å². The second-order valence-corrected chi connectivity index (χ2v) is 18.6. The van der Waals surface area contributed by atoms with Gasteiger partial charge in [-0.1, -0.05) is 101 Å². The number of hydrogen-bond donors (Lipinski definition) is 0. The summed E-state index contributed by atoms with van der Waals surface area (Å²) in [5, 5.41) is 0. The van der Waals surface area contributed by atoms with Gasteiger partial charge in [0.05, 0.1) is 22.5 Å². The van der Waals surface area contributed by atoms with E-state index in [0.29, 0.717) is 0 Å². The van der Waals surface area contributed by atoms with Gasteiger partial charge in [-0.25, -0.2) is 4.98 Å². The van der Waals surface area contributed by atoms with Crippen molar-refractivity contribution in [2.45, 2.75) is 104 Å². The molecule has 0 amide bonds. The lowest BCUT2D eigenvalue weighted by molar-refractivity contribution is 0.321. The highest BCUT2D eigenvalue weighted by Crippen LogP contribution is 2.57. The van der Waals surface area contributed by atoms with Crippen LogP contribution in [-0.4, -0.2) is 16.4 Å². The standard InChI is InChI=1S/C52H54N4O/c1-32-24-34(3)47(35(4)25-32)56-48(54-51(10)31-36-16-12-13-17-41(36)52(51,56)11)37-26-33(2)27-40(28-37)57-39-20-21-43-45(30-39)55(44-19-15-14-18-42(44)50(43,8)9)46-29-38(22-23-53-46)49(5,6)7/h12-30H,31H2,1-11H3/t51-,52+/m1/s1. The van der Waals surface area contributed by atoms with Gasteiger partial charge in [-0.2, -0.15) is 0 Å². The number of benzene rings is 5. The van der Waals surface area contributed by atoms with Gasteiger partial charge in [0, 0.05) is 35.3 Å². The van der Waals surface area contributed by atoms with Gasteiger partial charge < -0.3 is 9.64 Å². The van der Waals surface area contributed by atoms with E-state index < -0.39 is 0 Å². The fourth-order valence-corrected chi connectivity index (χ4v) is 10.1. The van der Waals surface area contributed by atoms with Gasteiger partial charge in [-0.05, 0) is 134 Å². The first-order chi connectivity index (χ1) is 27.0. The third-order valence-electron chi connectivity index (χ3n) is 13.1. The molecule has 3 aliphatic rings. The second-order valence-electron chi connectivity index (χ2n) is 18.6. The summed E-state index contributed by atoms with van der Waals surface area (Å²) in [6, 6.07) is 39.8. The molecule has 0 spiro atoms. The molecule has 5 aromatic carbocycles. The van der Waals surface area contributed by atoms with Crippen LogP contribution in [0.5, 0.6) is 11.5 Å². The van der Waals surface area contributed by atoms with Crippen molar-refractivity contribution in [2.24, 2.45) is 4.99 Å². The van der Waals surface area contributed by atoms with Crippen LogP contribution in [-0.2, 0) is 22.8 Å². The summed E-state index contributed by atoms with van der Waals surface area (Å²) in [7, 11) is 0. The molecule has 3 heterocycles. The van der Waals surface area contributed by atoms with E-state index in [1.165, 1.54) is 50.2 Å². The molecular weight excluding hydrogens is 697 g/mol. The zero-order chi connectivity index (χ0) is 40.2. The van der Waals surface area contributed by atoms with Crippen LogP contribution in [0.15, 0.2) is 120 Å². The highest BCUT2D eigenvalue weighted by atomic mass is 16.5. The quantitative estimate of drug-likeness (QED) is 0.176. The van der Waals surface area contributed by atoms with E-state index in [0.717, 1.165) is 52.1 Å². The SMILES string of the molecule is Cc1cc(Oc2ccc3c(c2)N(c2cc(C(C)(C)C)ccn2)c2ccccc2C3(C)C)cc(C2=N[C@]3(C)Cc4ccccc4[C@]3(C)N2c2c(C)cc(C)cc2C)c1. The summed E-state index contributed by atoms with van der Waals surface area (Å²) >= 11 is 0. The predicted molar refractivity (Wildman–Crippen MR) is 237 cm³/mol. The van der Waals surface area contributed by atoms with E-state index >= 15 is 0 Å². The summed E-state index contributed by atoms with van der Waals surface area (Å²) in [4.78, 5) is 15.6. The first-order valence-electron chi connectivity index (χ1n) is 20.4. The van der Waals surface area contributed by atoms with Gasteiger partial charge in [0.25, 0.3) is 0 Å². The number of aromatic nitrogens is 1. The van der Waals surface area contributed by atoms with Crippen molar-refractivity contribution in [2.75, 3.05) is 9.80 Å². The normalized spacial score (nSPS) is 20.4. The molecule has 1 aromatic heterocycles. The highest BCUT2D eigenvalue weighted by Gasteiger charge is 2.61. The van der Waals surface area contributed by atoms with E-state index in [1.54, 1.807) is 0 Å². The second kappa shape index (κ2) is 12.7. The molecule has 288 valence electrons. The van der Waals surface area contributed by atoms with Crippen LogP contribution in [0.25, 0.3) is 0 Å². The third kappa shape index (κ3) is 5.64. The molecule has 1 aliphatic carbocycles. The molecule has 0 N–H and O–H groups in total. The predicted octanol–water partition coefficient (Wildman–Crippen LogP) is 13.0. The van der Waals surface area contributed by atoms with Crippen LogP contribution in [0, 0.1) is 27.7 Å². The molecule has 9 rings (SSSR count). The smallest absolute Gasteiger partial charge is 0.137 e. The maximum atomic E-state index is 6.93. The average Bonchev–Trinajstić information content (AvgIpc) is 3.51. The Bertz CT molecular complexity index is 2620. The van der Waals surface area contributed by atoms with Crippen LogP contribution < -0.4 is 14.5 Å². The lowest BCUT2D eigenvalue weighted by Crippen LogP contribution is -2.52. The molecule has 2 atom stereocenters. The number of ether oxygens (including phenoxy) is 1. The molecule has 0 fully saturated rings. The van der Waals surface area contributed by atoms with E-state index in [9.17, 15) is 0 Å². The van der Waals surface area contributed by atoms with Crippen LogP contribution in [0.4, 0.5) is 22.9 Å². The molecular formula is C52H54N4O. The fraction of sp³-hybridized carbons (Fsp3) is 0.308. The molecule has 0 unspecified atom stereocenters. The van der Waals surface area contributed by atoms with Gasteiger partial charge in [0.2, 0.25) is 0 Å². The van der Waals surface area contributed by atoms with E-state index in [4.69, 9.17) is 14.7 Å². The fourth-order valence-electron chi connectivity index (χ4n) is 10.1. The molecule has 0 radical (unpaired) electrons. The number of para-hydroxylation sites is 1. The number of anilines is 4. The Kier molecular flexibility index (Phi) is 8.20. The monoisotopic (exact) mass is 750 g/mol. The molecule has 2 aliphatic heterocycles. The van der Waals surface area contributed by atoms with Crippen molar-refractivity contribution in [3.8, 4) is 11.5 Å². The molecule has 5 nitrogen and oxygen atoms in total. The van der Waals surface area contributed by atoms with Crippen LogP contribution >= 0.6 is 0 Å². The number of fused-ring (bicyclic) bond motifs is 5. The van der Waals surface area contributed by atoms with Crippen molar-refractivity contribution in [3.63, 3.8) is 0 Å². The third-order valence-corrected chi connectivity index (χ3v) is 13.1. The molecule has 0 saturated carbocycles. The average molecular weight is 751 g/mol. The van der Waals surface area contributed by atoms with E-state index in [2.05, 4.69) is 195 Å². The minimum atomic E-state index is -0.377. The summed E-state index contributed by atoms with van der Waals surface area (Å²) < 4.78 is 6.93. The van der Waals surface area contributed by atoms with Crippen molar-refractivity contribution in [1.82, 2.24) is 4.98 Å². The van der Waals surface area contributed by atoms with Crippen molar-refractivity contribution in [1.29, 1.82) is 0 Å². The van der Waals surface area contributed by atoms with Crippen LogP contribution in [0.2, 0.25) is 0 Å². The zero-order valence-electron chi connectivity index (χ0n) is 35.4. The number of nitrogens with zero attached hydrogens (tertiary/aromatic N) is 4. The Hall–Kier alpha value is -5.68. The molecule has 0 bridgehead atoms. The minimum Gasteiger partial charge on any atom is -0.457 e. The largest absolute Gasteiger partial charge is 0.457 e. The first kappa shape index (κ1) is 36.9. The van der Waals surface area contributed by atoms with E-state index in [1.807, 2.05) is 6.20 Å². The number of aryl methyl sites for hydroxylation is 4. The summed E-state index contributed by atoms with van der Waals surface area (Å²) in [5.74, 6) is 3.44. The van der Waals surface area contributed by atoms with Crippen LogP contribution in [0.3, 0.4) is 0 Å². The summed E-state index contributed by atoms with van der Waals surface area (Å²) in [6.07, 6.45) is 2.83. The van der Waals surface area contributed by atoms with Crippen LogP contribution in [0.1, 0.15) is 104 Å². The molecule has 5 heteroatoms. The Balaban J connectivity index is 1.16. The lowest BCUT2D eigenvalue weighted by atomic mass is 9.73. The van der Waals surface area contributed by atoms with E-state index in [-0.39, 0.29) is 21.9 Å². The molecule has 6 aromatic rings. The number of pyridine rings is 1. The van der Waals surface area contributed by atoms with Gasteiger partial charge in [-0.15, -0.1) is 0 Å². The summed E-state index contributed by atoms with van der Waals surface area (Å²) in [5.41, 5.74) is 14.9. The van der Waals surface area contributed by atoms with Gasteiger partial charge >= 0.3 is 0 Å². The topological polar surface area (TPSA) is 41.0 Å². The molecule has 0 saturated heterocycles. The molecule has 57 heavy (non-hydrogen) atoms. The maximum absolute atomic E-state index is 6.93. The number of amidine groups is 1. The van der Waals surface area contributed by atoms with Crippen molar-refractivity contribution < 1.29 is 4.74 Å². The number of aliphatic imine (C=N–C) groups is 1. The van der Waals surface area contributed by atoms with Crippen molar-refractivity contribution >= 4 is 28.7 Å². The first-order valence-corrected chi connectivity index (χ1v) is 20.4.